The van der Waals surface area contributed by atoms with Crippen LogP contribution >= 0.6 is 0 Å². The molecule has 21 heavy (non-hydrogen) atoms. The van der Waals surface area contributed by atoms with Gasteiger partial charge in [-0.15, -0.1) is 0 Å². The zero-order chi connectivity index (χ0) is 15.5. The first kappa shape index (κ1) is 18.6. The van der Waals surface area contributed by atoms with Gasteiger partial charge in [-0.1, -0.05) is 19.8 Å². The summed E-state index contributed by atoms with van der Waals surface area (Å²) >= 11 is 0. The number of carbonyl (C=O) groups is 1. The van der Waals surface area contributed by atoms with Crippen molar-refractivity contribution in [2.45, 2.75) is 39.0 Å². The zero-order valence-electron chi connectivity index (χ0n) is 13.4. The second kappa shape index (κ2) is 11.1. The molecule has 1 heterocycles. The third-order valence-corrected chi connectivity index (χ3v) is 4.45. The molecule has 5 nitrogen and oxygen atoms in total. The molecule has 2 aliphatic rings. The lowest BCUT2D eigenvalue weighted by atomic mass is 9.77. The minimum Gasteiger partial charge on any atom is -0.396 e. The van der Waals surface area contributed by atoms with Crippen molar-refractivity contribution in [2.75, 3.05) is 46.0 Å². The quantitative estimate of drug-likeness (QED) is 0.793. The van der Waals surface area contributed by atoms with E-state index in [1.54, 1.807) is 0 Å². The predicted octanol–water partition coefficient (Wildman–Crippen LogP) is 1.04. The van der Waals surface area contributed by atoms with Crippen molar-refractivity contribution in [1.82, 2.24) is 4.90 Å². The van der Waals surface area contributed by atoms with Crippen molar-refractivity contribution < 1.29 is 14.6 Å². The Labute approximate surface area is 128 Å². The molecule has 0 radical (unpaired) electrons. The Bertz CT molecular complexity index is 278. The first-order valence-electron chi connectivity index (χ1n) is 8.36. The summed E-state index contributed by atoms with van der Waals surface area (Å²) in [7, 11) is 0. The summed E-state index contributed by atoms with van der Waals surface area (Å²) in [6.45, 7) is 7.74. The Balaban J connectivity index is 0.000000219. The van der Waals surface area contributed by atoms with E-state index >= 15 is 0 Å². The molecule has 2 atom stereocenters. The molecule has 2 rings (SSSR count). The van der Waals surface area contributed by atoms with E-state index in [-0.39, 0.29) is 18.4 Å². The van der Waals surface area contributed by atoms with Gasteiger partial charge in [0.15, 0.2) is 0 Å². The maximum absolute atomic E-state index is 11.4. The van der Waals surface area contributed by atoms with Gasteiger partial charge in [-0.25, -0.2) is 0 Å². The summed E-state index contributed by atoms with van der Waals surface area (Å²) in [6, 6.07) is 0. The molecule has 0 bridgehead atoms. The van der Waals surface area contributed by atoms with Gasteiger partial charge in [0.1, 0.15) is 5.78 Å². The van der Waals surface area contributed by atoms with Gasteiger partial charge < -0.3 is 15.6 Å². The van der Waals surface area contributed by atoms with Crippen molar-refractivity contribution in [2.24, 2.45) is 17.6 Å². The number of hydrogen-bond acceptors (Lipinski definition) is 5. The Morgan fingerprint density at radius 1 is 1.29 bits per heavy atom. The van der Waals surface area contributed by atoms with E-state index in [4.69, 9.17) is 15.6 Å². The number of ether oxygens (including phenoxy) is 1. The third-order valence-electron chi connectivity index (χ3n) is 4.45. The number of rotatable bonds is 5. The SMILES string of the molecule is CCC(=O)[C@H]1CCCC[C@H]1CO.NCCN1CCOCC1. The Morgan fingerprint density at radius 2 is 1.95 bits per heavy atom. The molecule has 0 aromatic heterocycles. The maximum atomic E-state index is 11.4. The Kier molecular flexibility index (Phi) is 9.83. The van der Waals surface area contributed by atoms with Crippen molar-refractivity contribution in [3.8, 4) is 0 Å². The van der Waals surface area contributed by atoms with E-state index in [0.717, 1.165) is 58.7 Å². The first-order valence-corrected chi connectivity index (χ1v) is 8.36. The fraction of sp³-hybridized carbons (Fsp3) is 0.938. The normalized spacial score (nSPS) is 26.8. The standard InChI is InChI=1S/C10H18O2.C6H14N2O/c1-2-10(12)9-6-4-3-5-8(9)7-11;7-1-2-8-3-5-9-6-4-8/h8-9,11H,2-7H2,1H3;1-7H2/t8-,9-;/m0./s1. The van der Waals surface area contributed by atoms with E-state index in [1.807, 2.05) is 6.92 Å². The molecule has 5 heteroatoms. The number of morpholine rings is 1. The van der Waals surface area contributed by atoms with Crippen LogP contribution in [0.2, 0.25) is 0 Å². The van der Waals surface area contributed by atoms with Crippen LogP contribution in [0.25, 0.3) is 0 Å². The molecular formula is C16H32N2O3. The fourth-order valence-corrected chi connectivity index (χ4v) is 3.12. The summed E-state index contributed by atoms with van der Waals surface area (Å²) in [4.78, 5) is 13.7. The highest BCUT2D eigenvalue weighted by Crippen LogP contribution is 2.30. The van der Waals surface area contributed by atoms with Crippen LogP contribution in [-0.2, 0) is 9.53 Å². The summed E-state index contributed by atoms with van der Waals surface area (Å²) in [5, 5.41) is 9.05. The maximum Gasteiger partial charge on any atom is 0.136 e. The number of aliphatic hydroxyl groups is 1. The number of aliphatic hydroxyl groups excluding tert-OH is 1. The molecule has 1 aliphatic heterocycles. The minimum absolute atomic E-state index is 0.161. The lowest BCUT2D eigenvalue weighted by Gasteiger charge is -2.28. The van der Waals surface area contributed by atoms with Gasteiger partial charge in [-0.05, 0) is 18.8 Å². The van der Waals surface area contributed by atoms with Crippen LogP contribution in [0.5, 0.6) is 0 Å². The first-order chi connectivity index (χ1) is 10.2. The molecule has 124 valence electrons. The van der Waals surface area contributed by atoms with Crippen molar-refractivity contribution >= 4 is 5.78 Å². The van der Waals surface area contributed by atoms with Crippen LogP contribution in [0.15, 0.2) is 0 Å². The van der Waals surface area contributed by atoms with E-state index in [0.29, 0.717) is 12.2 Å². The highest BCUT2D eigenvalue weighted by molar-refractivity contribution is 5.81. The number of nitrogens with zero attached hydrogens (tertiary/aromatic N) is 1. The van der Waals surface area contributed by atoms with Crippen LogP contribution in [0.4, 0.5) is 0 Å². The fourth-order valence-electron chi connectivity index (χ4n) is 3.12. The largest absolute Gasteiger partial charge is 0.396 e. The number of hydrogen-bond donors (Lipinski definition) is 2. The molecular weight excluding hydrogens is 268 g/mol. The lowest BCUT2D eigenvalue weighted by Crippen LogP contribution is -2.39. The molecule has 1 saturated carbocycles. The molecule has 0 aromatic rings. The van der Waals surface area contributed by atoms with Gasteiger partial charge in [0.25, 0.3) is 0 Å². The lowest BCUT2D eigenvalue weighted by molar-refractivity contribution is -0.126. The second-order valence-electron chi connectivity index (χ2n) is 5.90. The monoisotopic (exact) mass is 300 g/mol. The van der Waals surface area contributed by atoms with E-state index < -0.39 is 0 Å². The molecule has 2 fully saturated rings. The van der Waals surface area contributed by atoms with Gasteiger partial charge >= 0.3 is 0 Å². The number of ketones is 1. The zero-order valence-corrected chi connectivity index (χ0v) is 13.4. The number of carbonyl (C=O) groups excluding carboxylic acids is 1. The van der Waals surface area contributed by atoms with E-state index in [9.17, 15) is 4.79 Å². The van der Waals surface area contributed by atoms with Crippen molar-refractivity contribution in [3.05, 3.63) is 0 Å². The highest BCUT2D eigenvalue weighted by atomic mass is 16.5. The van der Waals surface area contributed by atoms with Gasteiger partial charge in [-0.3, -0.25) is 9.69 Å². The van der Waals surface area contributed by atoms with Gasteiger partial charge in [0.05, 0.1) is 13.2 Å². The average molecular weight is 300 g/mol. The van der Waals surface area contributed by atoms with Crippen molar-refractivity contribution in [1.29, 1.82) is 0 Å². The molecule has 0 spiro atoms. The molecule has 0 aromatic carbocycles. The smallest absolute Gasteiger partial charge is 0.136 e. The Hall–Kier alpha value is -0.490. The summed E-state index contributed by atoms with van der Waals surface area (Å²) < 4.78 is 5.16. The van der Waals surface area contributed by atoms with Crippen LogP contribution in [0.3, 0.4) is 0 Å². The van der Waals surface area contributed by atoms with Crippen LogP contribution in [-0.4, -0.2) is 61.8 Å². The Morgan fingerprint density at radius 3 is 2.52 bits per heavy atom. The predicted molar refractivity (Wildman–Crippen MR) is 84.1 cm³/mol. The van der Waals surface area contributed by atoms with E-state index in [2.05, 4.69) is 4.90 Å². The molecule has 0 amide bonds. The van der Waals surface area contributed by atoms with Crippen LogP contribution in [0, 0.1) is 11.8 Å². The summed E-state index contributed by atoms with van der Waals surface area (Å²) in [6.07, 6.45) is 5.00. The number of nitrogens with two attached hydrogens (primary N) is 1. The minimum atomic E-state index is 0.161. The summed E-state index contributed by atoms with van der Waals surface area (Å²) in [5.41, 5.74) is 5.38. The van der Waals surface area contributed by atoms with E-state index in [1.165, 1.54) is 6.42 Å². The number of Topliss-reactive ketones (excluding diaryl/α,β-unsaturated/α-hetero) is 1. The molecule has 1 aliphatic carbocycles. The van der Waals surface area contributed by atoms with Gasteiger partial charge in [0.2, 0.25) is 0 Å². The molecule has 3 N–H and O–H groups in total. The van der Waals surface area contributed by atoms with Crippen LogP contribution in [0.1, 0.15) is 39.0 Å². The van der Waals surface area contributed by atoms with Gasteiger partial charge in [-0.2, -0.15) is 0 Å². The average Bonchev–Trinajstić information content (AvgIpc) is 2.56. The molecule has 0 unspecified atom stereocenters. The van der Waals surface area contributed by atoms with Crippen molar-refractivity contribution in [3.63, 3.8) is 0 Å². The summed E-state index contributed by atoms with van der Waals surface area (Å²) in [5.74, 6) is 0.758. The topological polar surface area (TPSA) is 75.8 Å². The highest BCUT2D eigenvalue weighted by Gasteiger charge is 2.28. The molecule has 1 saturated heterocycles. The second-order valence-corrected chi connectivity index (χ2v) is 5.90. The third kappa shape index (κ3) is 6.87. The van der Waals surface area contributed by atoms with Gasteiger partial charge in [0, 0.05) is 45.1 Å². The van der Waals surface area contributed by atoms with Crippen LogP contribution < -0.4 is 5.73 Å².